The summed E-state index contributed by atoms with van der Waals surface area (Å²) in [5, 5.41) is 19.4. The number of carbonyl (C=O) groups excluding carboxylic acids is 1. The van der Waals surface area contributed by atoms with Gasteiger partial charge in [-0.3, -0.25) is 4.79 Å². The van der Waals surface area contributed by atoms with Crippen molar-refractivity contribution in [3.05, 3.63) is 35.4 Å². The predicted molar refractivity (Wildman–Crippen MR) is 64.7 cm³/mol. The van der Waals surface area contributed by atoms with E-state index in [0.717, 1.165) is 18.2 Å². The Morgan fingerprint density at radius 2 is 2.10 bits per heavy atom. The molecular weight excluding hydrogens is 270 g/mol. The van der Waals surface area contributed by atoms with Crippen molar-refractivity contribution in [2.75, 3.05) is 0 Å². The van der Waals surface area contributed by atoms with E-state index in [2.05, 4.69) is 5.32 Å². The summed E-state index contributed by atoms with van der Waals surface area (Å²) in [6, 6.07) is 3.66. The van der Waals surface area contributed by atoms with Gasteiger partial charge in [0.25, 0.3) is 5.91 Å². The average Bonchev–Trinajstić information content (AvgIpc) is 2.40. The third kappa shape index (κ3) is 4.02. The molecule has 1 aromatic rings. The minimum absolute atomic E-state index is 0.0333. The molecule has 0 aromatic heterocycles. The molecule has 1 atom stereocenters. The summed E-state index contributed by atoms with van der Waals surface area (Å²) in [7, 11) is 0. The minimum atomic E-state index is -1.33. The first-order valence-electron chi connectivity index (χ1n) is 5.82. The monoisotopic (exact) mass is 282 g/mol. The molecule has 0 saturated carbocycles. The number of halogens is 2. The molecule has 1 rings (SSSR count). The summed E-state index contributed by atoms with van der Waals surface area (Å²) in [5.41, 5.74) is -0.559. The van der Waals surface area contributed by atoms with Gasteiger partial charge in [0.1, 0.15) is 6.04 Å². The van der Waals surface area contributed by atoms with Gasteiger partial charge in [0.2, 0.25) is 0 Å². The number of hydrogen-bond donors (Lipinski definition) is 2. The van der Waals surface area contributed by atoms with Crippen molar-refractivity contribution in [1.29, 1.82) is 5.26 Å². The van der Waals surface area contributed by atoms with Crippen LogP contribution in [-0.4, -0.2) is 23.0 Å². The Hall–Kier alpha value is -2.49. The number of carboxylic acid groups (broad SMARTS) is 1. The Balaban J connectivity index is 2.78. The van der Waals surface area contributed by atoms with Crippen molar-refractivity contribution in [3.63, 3.8) is 0 Å². The molecule has 2 N–H and O–H groups in total. The Morgan fingerprint density at radius 3 is 2.70 bits per heavy atom. The third-order valence-electron chi connectivity index (χ3n) is 2.58. The van der Waals surface area contributed by atoms with Crippen LogP contribution in [-0.2, 0) is 4.79 Å². The topological polar surface area (TPSA) is 90.2 Å². The maximum atomic E-state index is 13.4. The van der Waals surface area contributed by atoms with E-state index >= 15 is 0 Å². The van der Waals surface area contributed by atoms with E-state index in [-0.39, 0.29) is 19.3 Å². The zero-order valence-electron chi connectivity index (χ0n) is 10.4. The molecule has 7 heteroatoms. The summed E-state index contributed by atoms with van der Waals surface area (Å²) in [6.07, 6.45) is 0.457. The fourth-order valence-corrected chi connectivity index (χ4v) is 1.56. The lowest BCUT2D eigenvalue weighted by Crippen LogP contribution is -2.41. The van der Waals surface area contributed by atoms with Crippen LogP contribution in [0.1, 0.15) is 29.6 Å². The number of hydrogen-bond acceptors (Lipinski definition) is 3. The van der Waals surface area contributed by atoms with E-state index < -0.39 is 35.1 Å². The van der Waals surface area contributed by atoms with E-state index in [1.54, 1.807) is 0 Å². The molecule has 0 bridgehead atoms. The van der Waals surface area contributed by atoms with Crippen molar-refractivity contribution in [1.82, 2.24) is 5.32 Å². The molecule has 0 fully saturated rings. The van der Waals surface area contributed by atoms with Gasteiger partial charge in [-0.25, -0.2) is 13.6 Å². The highest BCUT2D eigenvalue weighted by Gasteiger charge is 2.22. The van der Waals surface area contributed by atoms with Gasteiger partial charge >= 0.3 is 5.97 Å². The normalized spacial score (nSPS) is 11.4. The number of rotatable bonds is 6. The van der Waals surface area contributed by atoms with Crippen LogP contribution in [0.15, 0.2) is 18.2 Å². The molecule has 1 amide bonds. The van der Waals surface area contributed by atoms with Crippen molar-refractivity contribution in [2.24, 2.45) is 0 Å². The first-order valence-corrected chi connectivity index (χ1v) is 5.82. The zero-order chi connectivity index (χ0) is 15.1. The Labute approximate surface area is 113 Å². The Kier molecular flexibility index (Phi) is 5.59. The summed E-state index contributed by atoms with van der Waals surface area (Å²) >= 11 is 0. The fraction of sp³-hybridized carbons (Fsp3) is 0.308. The SMILES string of the molecule is N#CCCC[C@@H](NC(=O)c1cccc(F)c1F)C(=O)O. The van der Waals surface area contributed by atoms with Crippen LogP contribution in [0.3, 0.4) is 0 Å². The van der Waals surface area contributed by atoms with E-state index in [4.69, 9.17) is 10.4 Å². The van der Waals surface area contributed by atoms with Crippen molar-refractivity contribution < 1.29 is 23.5 Å². The van der Waals surface area contributed by atoms with Crippen LogP contribution in [0.5, 0.6) is 0 Å². The van der Waals surface area contributed by atoms with Gasteiger partial charge in [-0.1, -0.05) is 6.07 Å². The fourth-order valence-electron chi connectivity index (χ4n) is 1.56. The summed E-state index contributed by atoms with van der Waals surface area (Å²) in [5.74, 6) is -4.82. The third-order valence-corrected chi connectivity index (χ3v) is 2.58. The number of unbranched alkanes of at least 4 members (excludes halogenated alkanes) is 1. The summed E-state index contributed by atoms with van der Waals surface area (Å²) in [4.78, 5) is 22.7. The molecule has 0 heterocycles. The average molecular weight is 282 g/mol. The highest BCUT2D eigenvalue weighted by Crippen LogP contribution is 2.12. The molecule has 0 aliphatic heterocycles. The maximum Gasteiger partial charge on any atom is 0.326 e. The number of benzene rings is 1. The van der Waals surface area contributed by atoms with E-state index in [1.165, 1.54) is 0 Å². The van der Waals surface area contributed by atoms with Crippen LogP contribution >= 0.6 is 0 Å². The molecule has 106 valence electrons. The molecule has 0 unspecified atom stereocenters. The van der Waals surface area contributed by atoms with Crippen LogP contribution in [0.25, 0.3) is 0 Å². The molecule has 0 saturated heterocycles. The maximum absolute atomic E-state index is 13.4. The second-order valence-corrected chi connectivity index (χ2v) is 4.02. The second kappa shape index (κ2) is 7.19. The van der Waals surface area contributed by atoms with Crippen molar-refractivity contribution >= 4 is 11.9 Å². The number of aliphatic carboxylic acids is 1. The van der Waals surface area contributed by atoms with Gasteiger partial charge in [0, 0.05) is 6.42 Å². The molecule has 20 heavy (non-hydrogen) atoms. The molecular formula is C13H12F2N2O3. The van der Waals surface area contributed by atoms with E-state index in [1.807, 2.05) is 6.07 Å². The molecule has 0 aliphatic carbocycles. The summed E-state index contributed by atoms with van der Waals surface area (Å²) in [6.45, 7) is 0. The smallest absolute Gasteiger partial charge is 0.326 e. The van der Waals surface area contributed by atoms with Gasteiger partial charge in [-0.15, -0.1) is 0 Å². The Bertz CT molecular complexity index is 555. The van der Waals surface area contributed by atoms with Crippen LogP contribution in [0.2, 0.25) is 0 Å². The van der Waals surface area contributed by atoms with Gasteiger partial charge in [-0.05, 0) is 25.0 Å². The van der Waals surface area contributed by atoms with Crippen LogP contribution in [0, 0.1) is 23.0 Å². The van der Waals surface area contributed by atoms with Gasteiger partial charge < -0.3 is 10.4 Å². The largest absolute Gasteiger partial charge is 0.480 e. The van der Waals surface area contributed by atoms with Crippen molar-refractivity contribution in [3.8, 4) is 6.07 Å². The molecule has 5 nitrogen and oxygen atoms in total. The lowest BCUT2D eigenvalue weighted by atomic mass is 10.1. The molecule has 1 aromatic carbocycles. The molecule has 0 spiro atoms. The second-order valence-electron chi connectivity index (χ2n) is 4.02. The first kappa shape index (κ1) is 15.6. The highest BCUT2D eigenvalue weighted by atomic mass is 19.2. The number of nitrogens with one attached hydrogen (secondary N) is 1. The van der Waals surface area contributed by atoms with Crippen LogP contribution < -0.4 is 5.32 Å². The first-order chi connectivity index (χ1) is 9.47. The van der Waals surface area contributed by atoms with Gasteiger partial charge in [0.05, 0.1) is 11.6 Å². The number of carbonyl (C=O) groups is 2. The molecule has 0 aliphatic rings. The number of amides is 1. The predicted octanol–water partition coefficient (Wildman–Crippen LogP) is 1.84. The minimum Gasteiger partial charge on any atom is -0.480 e. The number of nitrogens with zero attached hydrogens (tertiary/aromatic N) is 1. The van der Waals surface area contributed by atoms with Crippen LogP contribution in [0.4, 0.5) is 8.78 Å². The number of carboxylic acids is 1. The lowest BCUT2D eigenvalue weighted by Gasteiger charge is -2.14. The van der Waals surface area contributed by atoms with Gasteiger partial charge in [0.15, 0.2) is 11.6 Å². The lowest BCUT2D eigenvalue weighted by molar-refractivity contribution is -0.139. The Morgan fingerprint density at radius 1 is 1.40 bits per heavy atom. The van der Waals surface area contributed by atoms with Gasteiger partial charge in [-0.2, -0.15) is 5.26 Å². The zero-order valence-corrected chi connectivity index (χ0v) is 10.4. The highest BCUT2D eigenvalue weighted by molar-refractivity contribution is 5.96. The van der Waals surface area contributed by atoms with Crippen molar-refractivity contribution in [2.45, 2.75) is 25.3 Å². The molecule has 0 radical (unpaired) electrons. The standard InChI is InChI=1S/C13H12F2N2O3/c14-9-5-3-4-8(11(9)15)12(18)17-10(13(19)20)6-1-2-7-16/h3-5,10H,1-2,6H2,(H,17,18)(H,19,20)/t10-/m1/s1. The quantitative estimate of drug-likeness (QED) is 0.779. The number of nitriles is 1. The van der Waals surface area contributed by atoms with E-state index in [0.29, 0.717) is 0 Å². The summed E-state index contributed by atoms with van der Waals surface area (Å²) < 4.78 is 26.4. The van der Waals surface area contributed by atoms with E-state index in [9.17, 15) is 18.4 Å².